The molecular formula is C7H5Cl2N3S. The van der Waals surface area contributed by atoms with E-state index in [-0.39, 0.29) is 0 Å². The van der Waals surface area contributed by atoms with Gasteiger partial charge in [0, 0.05) is 5.02 Å². The number of anilines is 1. The summed E-state index contributed by atoms with van der Waals surface area (Å²) in [6.45, 7) is 0. The molecule has 0 spiro atoms. The van der Waals surface area contributed by atoms with E-state index in [2.05, 4.69) is 10.4 Å². The molecule has 0 aliphatic heterocycles. The summed E-state index contributed by atoms with van der Waals surface area (Å²) in [5.74, 6) is 5.22. The standard InChI is InChI=1S/C7H5Cl2N3S/c8-3-1-4(9)6-5(2-3)13-7(11-6)12-10/h1-2H,10H2,(H,11,12). The summed E-state index contributed by atoms with van der Waals surface area (Å²) in [6, 6.07) is 3.47. The van der Waals surface area contributed by atoms with Crippen LogP contribution in [0.5, 0.6) is 0 Å². The largest absolute Gasteiger partial charge is 0.300 e. The summed E-state index contributed by atoms with van der Waals surface area (Å²) >= 11 is 13.2. The lowest BCUT2D eigenvalue weighted by molar-refractivity contribution is 1.31. The third kappa shape index (κ3) is 1.58. The molecule has 0 bridgehead atoms. The van der Waals surface area contributed by atoms with Crippen molar-refractivity contribution in [1.82, 2.24) is 4.98 Å². The highest BCUT2D eigenvalue weighted by Gasteiger charge is 2.07. The third-order valence-corrected chi connectivity index (χ3v) is 2.98. The van der Waals surface area contributed by atoms with Gasteiger partial charge in [0.15, 0.2) is 5.13 Å². The maximum atomic E-state index is 5.92. The first kappa shape index (κ1) is 9.02. The van der Waals surface area contributed by atoms with Crippen molar-refractivity contribution in [1.29, 1.82) is 0 Å². The zero-order valence-corrected chi connectivity index (χ0v) is 8.67. The maximum absolute atomic E-state index is 5.92. The van der Waals surface area contributed by atoms with E-state index in [1.807, 2.05) is 0 Å². The van der Waals surface area contributed by atoms with Gasteiger partial charge in [0.1, 0.15) is 5.52 Å². The smallest absolute Gasteiger partial charge is 0.198 e. The van der Waals surface area contributed by atoms with Gasteiger partial charge in [0.2, 0.25) is 0 Å². The van der Waals surface area contributed by atoms with Crippen molar-refractivity contribution in [3.05, 3.63) is 22.2 Å². The number of nitrogen functional groups attached to an aromatic ring is 1. The molecule has 6 heteroatoms. The van der Waals surface area contributed by atoms with Crippen molar-refractivity contribution >= 4 is 49.9 Å². The van der Waals surface area contributed by atoms with Crippen LogP contribution in [0.4, 0.5) is 5.13 Å². The SMILES string of the molecule is NNc1nc2c(Cl)cc(Cl)cc2s1. The molecule has 1 heterocycles. The van der Waals surface area contributed by atoms with Crippen LogP contribution >= 0.6 is 34.5 Å². The second-order valence-corrected chi connectivity index (χ2v) is 4.27. The van der Waals surface area contributed by atoms with Gasteiger partial charge in [-0.1, -0.05) is 34.5 Å². The predicted octanol–water partition coefficient (Wildman–Crippen LogP) is 2.89. The van der Waals surface area contributed by atoms with Gasteiger partial charge in [-0.3, -0.25) is 5.43 Å². The predicted molar refractivity (Wildman–Crippen MR) is 57.5 cm³/mol. The number of hydrogen-bond donors (Lipinski definition) is 2. The number of rotatable bonds is 1. The van der Waals surface area contributed by atoms with Crippen molar-refractivity contribution in [3.63, 3.8) is 0 Å². The summed E-state index contributed by atoms with van der Waals surface area (Å²) in [4.78, 5) is 4.16. The van der Waals surface area contributed by atoms with E-state index >= 15 is 0 Å². The van der Waals surface area contributed by atoms with Gasteiger partial charge in [0.05, 0.1) is 9.72 Å². The Bertz CT molecular complexity index is 454. The molecule has 0 amide bonds. The molecule has 3 N–H and O–H groups in total. The molecule has 13 heavy (non-hydrogen) atoms. The minimum Gasteiger partial charge on any atom is -0.300 e. The van der Waals surface area contributed by atoms with E-state index in [4.69, 9.17) is 29.0 Å². The topological polar surface area (TPSA) is 50.9 Å². The second-order valence-electron chi connectivity index (χ2n) is 2.40. The van der Waals surface area contributed by atoms with Crippen LogP contribution < -0.4 is 11.3 Å². The summed E-state index contributed by atoms with van der Waals surface area (Å²) in [6.07, 6.45) is 0. The second kappa shape index (κ2) is 3.31. The minimum atomic E-state index is 0.542. The molecule has 0 atom stereocenters. The fourth-order valence-corrected chi connectivity index (χ4v) is 2.52. The first-order valence-electron chi connectivity index (χ1n) is 3.43. The van der Waals surface area contributed by atoms with E-state index in [9.17, 15) is 0 Å². The highest BCUT2D eigenvalue weighted by atomic mass is 35.5. The lowest BCUT2D eigenvalue weighted by Crippen LogP contribution is -2.05. The van der Waals surface area contributed by atoms with Gasteiger partial charge >= 0.3 is 0 Å². The molecule has 2 rings (SSSR count). The van der Waals surface area contributed by atoms with Crippen LogP contribution in [0.15, 0.2) is 12.1 Å². The number of hydrazine groups is 1. The minimum absolute atomic E-state index is 0.542. The average molecular weight is 234 g/mol. The zero-order valence-electron chi connectivity index (χ0n) is 6.34. The van der Waals surface area contributed by atoms with Crippen LogP contribution in [0.3, 0.4) is 0 Å². The molecule has 0 fully saturated rings. The van der Waals surface area contributed by atoms with Gasteiger partial charge in [0.25, 0.3) is 0 Å². The van der Waals surface area contributed by atoms with E-state index < -0.39 is 0 Å². The summed E-state index contributed by atoms with van der Waals surface area (Å²) in [5.41, 5.74) is 3.19. The molecule has 2 aromatic rings. The number of nitrogens with two attached hydrogens (primary N) is 1. The van der Waals surface area contributed by atoms with Gasteiger partial charge in [-0.05, 0) is 12.1 Å². The first-order chi connectivity index (χ1) is 6.20. The fourth-order valence-electron chi connectivity index (χ4n) is 1.02. The van der Waals surface area contributed by atoms with Crippen molar-refractivity contribution in [2.45, 2.75) is 0 Å². The first-order valence-corrected chi connectivity index (χ1v) is 5.00. The summed E-state index contributed by atoms with van der Waals surface area (Å²) < 4.78 is 0.922. The Kier molecular flexibility index (Phi) is 2.29. The summed E-state index contributed by atoms with van der Waals surface area (Å²) in [7, 11) is 0. The molecule has 0 saturated heterocycles. The van der Waals surface area contributed by atoms with Gasteiger partial charge in [-0.15, -0.1) is 0 Å². The monoisotopic (exact) mass is 233 g/mol. The molecule has 1 aromatic carbocycles. The van der Waals surface area contributed by atoms with E-state index in [1.54, 1.807) is 12.1 Å². The Morgan fingerprint density at radius 3 is 2.85 bits per heavy atom. The number of aromatic nitrogens is 1. The Hall–Kier alpha value is -0.550. The van der Waals surface area contributed by atoms with Crippen molar-refractivity contribution in [2.75, 3.05) is 5.43 Å². The van der Waals surface area contributed by atoms with Gasteiger partial charge < -0.3 is 0 Å². The molecule has 0 saturated carbocycles. The lowest BCUT2D eigenvalue weighted by atomic mass is 10.3. The van der Waals surface area contributed by atoms with Crippen molar-refractivity contribution in [3.8, 4) is 0 Å². The molecular weight excluding hydrogens is 229 g/mol. The van der Waals surface area contributed by atoms with Crippen LogP contribution in [0.2, 0.25) is 10.0 Å². The fraction of sp³-hybridized carbons (Fsp3) is 0. The number of thiazole rings is 1. The molecule has 68 valence electrons. The molecule has 3 nitrogen and oxygen atoms in total. The number of fused-ring (bicyclic) bond motifs is 1. The highest BCUT2D eigenvalue weighted by Crippen LogP contribution is 2.33. The lowest BCUT2D eigenvalue weighted by Gasteiger charge is -1.92. The molecule has 0 aliphatic carbocycles. The van der Waals surface area contributed by atoms with Gasteiger partial charge in [-0.2, -0.15) is 0 Å². The number of halogens is 2. The van der Waals surface area contributed by atoms with E-state index in [0.717, 1.165) is 10.2 Å². The number of nitrogens with zero attached hydrogens (tertiary/aromatic N) is 1. The van der Waals surface area contributed by atoms with Crippen molar-refractivity contribution in [2.24, 2.45) is 5.84 Å². The Morgan fingerprint density at radius 2 is 2.15 bits per heavy atom. The van der Waals surface area contributed by atoms with Crippen LogP contribution in [-0.4, -0.2) is 4.98 Å². The zero-order chi connectivity index (χ0) is 9.42. The Balaban J connectivity index is 2.75. The quantitative estimate of drug-likeness (QED) is 0.589. The molecule has 0 radical (unpaired) electrons. The van der Waals surface area contributed by atoms with E-state index in [0.29, 0.717) is 15.2 Å². The number of benzene rings is 1. The number of hydrogen-bond acceptors (Lipinski definition) is 4. The molecule has 0 unspecified atom stereocenters. The van der Waals surface area contributed by atoms with Crippen molar-refractivity contribution < 1.29 is 0 Å². The van der Waals surface area contributed by atoms with E-state index in [1.165, 1.54) is 11.3 Å². The maximum Gasteiger partial charge on any atom is 0.198 e. The average Bonchev–Trinajstić information content (AvgIpc) is 2.47. The third-order valence-electron chi connectivity index (χ3n) is 1.54. The van der Waals surface area contributed by atoms with Crippen LogP contribution in [0.25, 0.3) is 10.2 Å². The van der Waals surface area contributed by atoms with Crippen LogP contribution in [0.1, 0.15) is 0 Å². The molecule has 1 aromatic heterocycles. The summed E-state index contributed by atoms with van der Waals surface area (Å²) in [5, 5.41) is 1.77. The Morgan fingerprint density at radius 1 is 1.38 bits per heavy atom. The highest BCUT2D eigenvalue weighted by molar-refractivity contribution is 7.22. The normalized spacial score (nSPS) is 10.7. The van der Waals surface area contributed by atoms with Gasteiger partial charge in [-0.25, -0.2) is 10.8 Å². The Labute approximate surface area is 88.4 Å². The van der Waals surface area contributed by atoms with Crippen LogP contribution in [0, 0.1) is 0 Å². The molecule has 0 aliphatic rings. The van der Waals surface area contributed by atoms with Crippen LogP contribution in [-0.2, 0) is 0 Å². The number of nitrogens with one attached hydrogen (secondary N) is 1.